The Morgan fingerprint density at radius 2 is 2.05 bits per heavy atom. The molecule has 2 unspecified atom stereocenters. The number of nitrogens with zero attached hydrogens (tertiary/aromatic N) is 1. The zero-order valence-electron chi connectivity index (χ0n) is 13.6. The molecule has 1 heterocycles. The number of carbonyl (C=O) groups is 1. The van der Waals surface area contributed by atoms with Crippen LogP contribution in [-0.4, -0.2) is 30.5 Å². The topological polar surface area (TPSA) is 41.6 Å². The van der Waals surface area contributed by atoms with Crippen LogP contribution in [0.25, 0.3) is 0 Å². The molecule has 2 atom stereocenters. The SMILES string of the molecule is CCC1NC(c2cccc(OC)c2)N(CC(C)(C)C)C1=O. The average Bonchev–Trinajstić information content (AvgIpc) is 2.74. The Labute approximate surface area is 127 Å². The van der Waals surface area contributed by atoms with Crippen LogP contribution in [0.15, 0.2) is 24.3 Å². The van der Waals surface area contributed by atoms with E-state index in [4.69, 9.17) is 4.74 Å². The van der Waals surface area contributed by atoms with Crippen LogP contribution in [0.4, 0.5) is 0 Å². The molecule has 116 valence electrons. The van der Waals surface area contributed by atoms with Crippen molar-refractivity contribution in [2.45, 2.75) is 46.3 Å². The van der Waals surface area contributed by atoms with Crippen LogP contribution in [0.1, 0.15) is 45.8 Å². The first-order chi connectivity index (χ1) is 9.85. The standard InChI is InChI=1S/C17H26N2O2/c1-6-14-16(20)19(11-17(2,3)4)15(18-14)12-8-7-9-13(10-12)21-5/h7-10,14-15,18H,6,11H2,1-5H3. The van der Waals surface area contributed by atoms with Gasteiger partial charge in [0.05, 0.1) is 13.2 Å². The van der Waals surface area contributed by atoms with Gasteiger partial charge in [0.2, 0.25) is 5.91 Å². The fourth-order valence-electron chi connectivity index (χ4n) is 2.74. The van der Waals surface area contributed by atoms with Crippen LogP contribution in [0.3, 0.4) is 0 Å². The van der Waals surface area contributed by atoms with Gasteiger partial charge in [-0.1, -0.05) is 39.8 Å². The molecule has 0 aliphatic carbocycles. The molecule has 0 bridgehead atoms. The Hall–Kier alpha value is -1.55. The first kappa shape index (κ1) is 15.8. The molecule has 0 spiro atoms. The molecule has 0 radical (unpaired) electrons. The smallest absolute Gasteiger partial charge is 0.241 e. The first-order valence-corrected chi connectivity index (χ1v) is 7.56. The molecule has 0 saturated carbocycles. The van der Waals surface area contributed by atoms with Crippen LogP contribution in [0.2, 0.25) is 0 Å². The van der Waals surface area contributed by atoms with Gasteiger partial charge in [0.15, 0.2) is 0 Å². The van der Waals surface area contributed by atoms with Gasteiger partial charge in [0.1, 0.15) is 11.9 Å². The van der Waals surface area contributed by atoms with E-state index in [-0.39, 0.29) is 23.5 Å². The van der Waals surface area contributed by atoms with Crippen molar-refractivity contribution in [3.05, 3.63) is 29.8 Å². The van der Waals surface area contributed by atoms with E-state index in [9.17, 15) is 4.79 Å². The van der Waals surface area contributed by atoms with E-state index < -0.39 is 0 Å². The number of hydrogen-bond donors (Lipinski definition) is 1. The summed E-state index contributed by atoms with van der Waals surface area (Å²) >= 11 is 0. The predicted molar refractivity (Wildman–Crippen MR) is 84.1 cm³/mol. The highest BCUT2D eigenvalue weighted by atomic mass is 16.5. The molecule has 1 fully saturated rings. The summed E-state index contributed by atoms with van der Waals surface area (Å²) in [5, 5.41) is 3.45. The normalized spacial score (nSPS) is 22.7. The summed E-state index contributed by atoms with van der Waals surface area (Å²) in [6.07, 6.45) is 0.733. The Bertz CT molecular complexity index is 508. The van der Waals surface area contributed by atoms with Gasteiger partial charge in [-0.05, 0) is 29.5 Å². The molecule has 1 aliphatic heterocycles. The van der Waals surface area contributed by atoms with Crippen molar-refractivity contribution in [1.82, 2.24) is 10.2 Å². The first-order valence-electron chi connectivity index (χ1n) is 7.56. The van der Waals surface area contributed by atoms with Gasteiger partial charge in [0.25, 0.3) is 0 Å². The molecular weight excluding hydrogens is 264 g/mol. The van der Waals surface area contributed by atoms with E-state index in [0.29, 0.717) is 0 Å². The Morgan fingerprint density at radius 1 is 1.33 bits per heavy atom. The maximum absolute atomic E-state index is 12.6. The van der Waals surface area contributed by atoms with E-state index in [2.05, 4.69) is 26.1 Å². The summed E-state index contributed by atoms with van der Waals surface area (Å²) in [7, 11) is 1.66. The van der Waals surface area contributed by atoms with E-state index in [0.717, 1.165) is 24.3 Å². The van der Waals surface area contributed by atoms with Crippen LogP contribution in [0, 0.1) is 5.41 Å². The summed E-state index contributed by atoms with van der Waals surface area (Å²) < 4.78 is 5.30. The molecular formula is C17H26N2O2. The summed E-state index contributed by atoms with van der Waals surface area (Å²) in [6, 6.07) is 7.84. The Morgan fingerprint density at radius 3 is 2.62 bits per heavy atom. The monoisotopic (exact) mass is 290 g/mol. The van der Waals surface area contributed by atoms with Gasteiger partial charge in [-0.2, -0.15) is 0 Å². The van der Waals surface area contributed by atoms with E-state index >= 15 is 0 Å². The van der Waals surface area contributed by atoms with Gasteiger partial charge in [-0.25, -0.2) is 0 Å². The van der Waals surface area contributed by atoms with Crippen LogP contribution < -0.4 is 10.1 Å². The highest BCUT2D eigenvalue weighted by Gasteiger charge is 2.40. The van der Waals surface area contributed by atoms with Crippen molar-refractivity contribution in [3.8, 4) is 5.75 Å². The van der Waals surface area contributed by atoms with Crippen molar-refractivity contribution in [3.63, 3.8) is 0 Å². The summed E-state index contributed by atoms with van der Waals surface area (Å²) in [5.74, 6) is 1.01. The summed E-state index contributed by atoms with van der Waals surface area (Å²) in [6.45, 7) is 9.24. The maximum atomic E-state index is 12.6. The maximum Gasteiger partial charge on any atom is 0.241 e. The number of amides is 1. The molecule has 1 aromatic carbocycles. The molecule has 21 heavy (non-hydrogen) atoms. The molecule has 1 N–H and O–H groups in total. The highest BCUT2D eigenvalue weighted by Crippen LogP contribution is 2.31. The van der Waals surface area contributed by atoms with Gasteiger partial charge < -0.3 is 9.64 Å². The minimum Gasteiger partial charge on any atom is -0.497 e. The number of benzene rings is 1. The lowest BCUT2D eigenvalue weighted by molar-refractivity contribution is -0.131. The summed E-state index contributed by atoms with van der Waals surface area (Å²) in [5.41, 5.74) is 1.14. The van der Waals surface area contributed by atoms with Crippen molar-refractivity contribution in [2.75, 3.05) is 13.7 Å². The third-order valence-corrected chi connectivity index (χ3v) is 3.71. The summed E-state index contributed by atoms with van der Waals surface area (Å²) in [4.78, 5) is 14.5. The van der Waals surface area contributed by atoms with Crippen LogP contribution in [-0.2, 0) is 4.79 Å². The van der Waals surface area contributed by atoms with Gasteiger partial charge >= 0.3 is 0 Å². The fraction of sp³-hybridized carbons (Fsp3) is 0.588. The van der Waals surface area contributed by atoms with Crippen molar-refractivity contribution in [1.29, 1.82) is 0 Å². The van der Waals surface area contributed by atoms with Crippen molar-refractivity contribution in [2.24, 2.45) is 5.41 Å². The van der Waals surface area contributed by atoms with Gasteiger partial charge in [-0.3, -0.25) is 10.1 Å². The Balaban J connectivity index is 2.31. The number of methoxy groups -OCH3 is 1. The van der Waals surface area contributed by atoms with Crippen LogP contribution >= 0.6 is 0 Å². The molecule has 4 heteroatoms. The number of nitrogens with one attached hydrogen (secondary N) is 1. The molecule has 2 rings (SSSR count). The quantitative estimate of drug-likeness (QED) is 0.927. The fourth-order valence-corrected chi connectivity index (χ4v) is 2.74. The second-order valence-electron chi connectivity index (χ2n) is 6.83. The molecule has 1 aliphatic rings. The average molecular weight is 290 g/mol. The van der Waals surface area contributed by atoms with E-state index in [1.165, 1.54) is 0 Å². The predicted octanol–water partition coefficient (Wildman–Crippen LogP) is 2.95. The second kappa shape index (κ2) is 6.06. The minimum atomic E-state index is -0.0939. The van der Waals surface area contributed by atoms with E-state index in [1.54, 1.807) is 7.11 Å². The second-order valence-corrected chi connectivity index (χ2v) is 6.83. The number of rotatable bonds is 4. The number of carbonyl (C=O) groups excluding carboxylic acids is 1. The third-order valence-electron chi connectivity index (χ3n) is 3.71. The molecule has 1 saturated heterocycles. The largest absolute Gasteiger partial charge is 0.497 e. The molecule has 1 aromatic rings. The lowest BCUT2D eigenvalue weighted by atomic mass is 9.95. The minimum absolute atomic E-state index is 0.0666. The number of hydrogen-bond acceptors (Lipinski definition) is 3. The lowest BCUT2D eigenvalue weighted by Gasteiger charge is -2.31. The zero-order valence-corrected chi connectivity index (χ0v) is 13.6. The molecule has 4 nitrogen and oxygen atoms in total. The van der Waals surface area contributed by atoms with Crippen molar-refractivity contribution >= 4 is 5.91 Å². The third kappa shape index (κ3) is 3.56. The van der Waals surface area contributed by atoms with E-state index in [1.807, 2.05) is 36.1 Å². The van der Waals surface area contributed by atoms with Crippen LogP contribution in [0.5, 0.6) is 5.75 Å². The van der Waals surface area contributed by atoms with Crippen molar-refractivity contribution < 1.29 is 9.53 Å². The van der Waals surface area contributed by atoms with Gasteiger partial charge in [0, 0.05) is 6.54 Å². The lowest BCUT2D eigenvalue weighted by Crippen LogP contribution is -2.37. The zero-order chi connectivity index (χ0) is 15.6. The molecule has 1 amide bonds. The Kier molecular flexibility index (Phi) is 4.57. The molecule has 0 aromatic heterocycles. The van der Waals surface area contributed by atoms with Gasteiger partial charge in [-0.15, -0.1) is 0 Å². The number of ether oxygens (including phenoxy) is 1. The highest BCUT2D eigenvalue weighted by molar-refractivity contribution is 5.84.